The Bertz CT molecular complexity index is 812. The van der Waals surface area contributed by atoms with Gasteiger partial charge in [-0.25, -0.2) is 0 Å². The Balaban J connectivity index is 1.53. The lowest BCUT2D eigenvalue weighted by Crippen LogP contribution is -2.41. The number of hydrogen-bond donors (Lipinski definition) is 2. The van der Waals surface area contributed by atoms with Crippen molar-refractivity contribution in [3.8, 4) is 11.1 Å². The molecule has 1 fully saturated rings. The van der Waals surface area contributed by atoms with Gasteiger partial charge in [0.25, 0.3) is 0 Å². The molecule has 2 aliphatic rings. The molecule has 0 bridgehead atoms. The normalized spacial score (nSPS) is 21.0. The van der Waals surface area contributed by atoms with Crippen molar-refractivity contribution in [1.29, 1.82) is 0 Å². The molecule has 0 aromatic heterocycles. The zero-order valence-electron chi connectivity index (χ0n) is 12.6. The minimum atomic E-state index is -0.874. The molecule has 2 atom stereocenters. The first kappa shape index (κ1) is 14.0. The van der Waals surface area contributed by atoms with Gasteiger partial charge in [-0.1, -0.05) is 30.3 Å². The lowest BCUT2D eigenvalue weighted by atomic mass is 9.73. The van der Waals surface area contributed by atoms with Gasteiger partial charge in [0.1, 0.15) is 0 Å². The van der Waals surface area contributed by atoms with Crippen molar-refractivity contribution in [2.24, 2.45) is 11.8 Å². The fourth-order valence-electron chi connectivity index (χ4n) is 3.57. The Morgan fingerprint density at radius 2 is 1.70 bits per heavy atom. The van der Waals surface area contributed by atoms with Crippen LogP contribution in [0.2, 0.25) is 0 Å². The van der Waals surface area contributed by atoms with Crippen molar-refractivity contribution in [3.05, 3.63) is 53.6 Å². The molecule has 0 saturated heterocycles. The van der Waals surface area contributed by atoms with Gasteiger partial charge in [0, 0.05) is 5.69 Å². The Labute approximate surface area is 134 Å². The highest BCUT2D eigenvalue weighted by Gasteiger charge is 2.41. The highest BCUT2D eigenvalue weighted by atomic mass is 16.4. The number of anilines is 1. The molecule has 2 aromatic rings. The summed E-state index contributed by atoms with van der Waals surface area (Å²) in [5.74, 6) is -1.99. The second kappa shape index (κ2) is 5.23. The number of benzene rings is 2. The molecule has 4 heteroatoms. The van der Waals surface area contributed by atoms with Crippen molar-refractivity contribution < 1.29 is 14.7 Å². The van der Waals surface area contributed by atoms with E-state index in [1.807, 2.05) is 30.3 Å². The van der Waals surface area contributed by atoms with E-state index in [0.29, 0.717) is 12.8 Å². The quantitative estimate of drug-likeness (QED) is 0.780. The summed E-state index contributed by atoms with van der Waals surface area (Å²) in [6, 6.07) is 14.2. The van der Waals surface area contributed by atoms with Gasteiger partial charge in [0.15, 0.2) is 0 Å². The number of nitrogens with one attached hydrogen (secondary N) is 1. The summed E-state index contributed by atoms with van der Waals surface area (Å²) in [6.07, 6.45) is 2.11. The zero-order chi connectivity index (χ0) is 16.0. The van der Waals surface area contributed by atoms with Crippen molar-refractivity contribution in [2.45, 2.75) is 19.3 Å². The standard InChI is InChI=1S/C19H17NO3/c21-18(16-7-8-17(16)19(22)23)20-13-5-6-15-12(10-13)9-11-3-1-2-4-14(11)15/h1-6,10,16-17H,7-9H2,(H,20,21)(H,22,23). The highest BCUT2D eigenvalue weighted by molar-refractivity contribution is 5.96. The number of carboxylic acids is 1. The van der Waals surface area contributed by atoms with Crippen LogP contribution >= 0.6 is 0 Å². The van der Waals surface area contributed by atoms with Crippen LogP contribution in [0, 0.1) is 11.8 Å². The van der Waals surface area contributed by atoms with Gasteiger partial charge in [-0.05, 0) is 53.6 Å². The monoisotopic (exact) mass is 307 g/mol. The lowest BCUT2D eigenvalue weighted by Gasteiger charge is -2.31. The van der Waals surface area contributed by atoms with Gasteiger partial charge < -0.3 is 10.4 Å². The summed E-state index contributed by atoms with van der Waals surface area (Å²) < 4.78 is 0. The molecule has 1 amide bonds. The first-order chi connectivity index (χ1) is 11.1. The number of carbonyl (C=O) groups excluding carboxylic acids is 1. The number of fused-ring (bicyclic) bond motifs is 3. The summed E-state index contributed by atoms with van der Waals surface area (Å²) >= 11 is 0. The maximum absolute atomic E-state index is 12.3. The Morgan fingerprint density at radius 3 is 2.43 bits per heavy atom. The third-order valence-corrected chi connectivity index (χ3v) is 4.99. The molecule has 4 nitrogen and oxygen atoms in total. The molecule has 2 aromatic carbocycles. The maximum atomic E-state index is 12.3. The number of carboxylic acid groups (broad SMARTS) is 1. The molecule has 116 valence electrons. The van der Waals surface area contributed by atoms with Crippen LogP contribution in [0.25, 0.3) is 11.1 Å². The van der Waals surface area contributed by atoms with Crippen LogP contribution in [0.5, 0.6) is 0 Å². The molecule has 2 aliphatic carbocycles. The van der Waals surface area contributed by atoms with Crippen molar-refractivity contribution in [2.75, 3.05) is 5.32 Å². The molecule has 0 spiro atoms. The van der Waals surface area contributed by atoms with Crippen LogP contribution < -0.4 is 5.32 Å². The largest absolute Gasteiger partial charge is 0.481 e. The summed E-state index contributed by atoms with van der Waals surface area (Å²) in [5.41, 5.74) is 5.72. The van der Waals surface area contributed by atoms with E-state index in [9.17, 15) is 9.59 Å². The number of hydrogen-bond acceptors (Lipinski definition) is 2. The predicted molar refractivity (Wildman–Crippen MR) is 87.2 cm³/mol. The summed E-state index contributed by atoms with van der Waals surface area (Å²) in [7, 11) is 0. The predicted octanol–water partition coefficient (Wildman–Crippen LogP) is 3.31. The molecule has 23 heavy (non-hydrogen) atoms. The summed E-state index contributed by atoms with van der Waals surface area (Å²) in [4.78, 5) is 23.3. The second-order valence-electron chi connectivity index (χ2n) is 6.32. The maximum Gasteiger partial charge on any atom is 0.307 e. The molecule has 2 unspecified atom stereocenters. The van der Waals surface area contributed by atoms with Crippen LogP contribution in [0.3, 0.4) is 0 Å². The molecular weight excluding hydrogens is 290 g/mol. The van der Waals surface area contributed by atoms with E-state index in [1.54, 1.807) is 0 Å². The first-order valence-electron chi connectivity index (χ1n) is 7.88. The fourth-order valence-corrected chi connectivity index (χ4v) is 3.57. The van der Waals surface area contributed by atoms with Gasteiger partial charge in [0.05, 0.1) is 11.8 Å². The van der Waals surface area contributed by atoms with Crippen LogP contribution in [0.15, 0.2) is 42.5 Å². The average Bonchev–Trinajstić information content (AvgIpc) is 2.82. The molecule has 2 N–H and O–H groups in total. The lowest BCUT2D eigenvalue weighted by molar-refractivity contribution is -0.151. The minimum absolute atomic E-state index is 0.181. The number of amides is 1. The van der Waals surface area contributed by atoms with Crippen molar-refractivity contribution in [1.82, 2.24) is 0 Å². The van der Waals surface area contributed by atoms with Crippen molar-refractivity contribution >= 4 is 17.6 Å². The van der Waals surface area contributed by atoms with E-state index in [0.717, 1.165) is 12.1 Å². The van der Waals surface area contributed by atoms with Crippen molar-refractivity contribution in [3.63, 3.8) is 0 Å². The number of aliphatic carboxylic acids is 1. The average molecular weight is 307 g/mol. The molecule has 0 aliphatic heterocycles. The first-order valence-corrected chi connectivity index (χ1v) is 7.88. The number of rotatable bonds is 3. The van der Waals surface area contributed by atoms with E-state index in [4.69, 9.17) is 5.11 Å². The van der Waals surface area contributed by atoms with Gasteiger partial charge in [-0.15, -0.1) is 0 Å². The van der Waals surface area contributed by atoms with E-state index in [1.165, 1.54) is 22.3 Å². The van der Waals surface area contributed by atoms with E-state index < -0.39 is 17.8 Å². The SMILES string of the molecule is O=C(O)C1CCC1C(=O)Nc1ccc2c(c1)Cc1ccccc1-2. The third kappa shape index (κ3) is 2.31. The molecule has 0 heterocycles. The highest BCUT2D eigenvalue weighted by Crippen LogP contribution is 2.38. The number of carbonyl (C=O) groups is 2. The van der Waals surface area contributed by atoms with Gasteiger partial charge in [-0.2, -0.15) is 0 Å². The Hall–Kier alpha value is -2.62. The Morgan fingerprint density at radius 1 is 0.957 bits per heavy atom. The minimum Gasteiger partial charge on any atom is -0.481 e. The van der Waals surface area contributed by atoms with Crippen LogP contribution in [-0.2, 0) is 16.0 Å². The summed E-state index contributed by atoms with van der Waals surface area (Å²) in [6.45, 7) is 0. The fraction of sp³-hybridized carbons (Fsp3) is 0.263. The van der Waals surface area contributed by atoms with E-state index >= 15 is 0 Å². The topological polar surface area (TPSA) is 66.4 Å². The van der Waals surface area contributed by atoms with Crippen LogP contribution in [-0.4, -0.2) is 17.0 Å². The van der Waals surface area contributed by atoms with Gasteiger partial charge >= 0.3 is 5.97 Å². The summed E-state index contributed by atoms with van der Waals surface area (Å²) in [5, 5.41) is 11.9. The van der Waals surface area contributed by atoms with Crippen LogP contribution in [0.4, 0.5) is 5.69 Å². The van der Waals surface area contributed by atoms with Gasteiger partial charge in [0.2, 0.25) is 5.91 Å². The molecule has 1 saturated carbocycles. The van der Waals surface area contributed by atoms with Crippen LogP contribution in [0.1, 0.15) is 24.0 Å². The van der Waals surface area contributed by atoms with E-state index in [-0.39, 0.29) is 5.91 Å². The zero-order valence-corrected chi connectivity index (χ0v) is 12.6. The third-order valence-electron chi connectivity index (χ3n) is 4.99. The van der Waals surface area contributed by atoms with E-state index in [2.05, 4.69) is 17.4 Å². The molecular formula is C19H17NO3. The molecule has 0 radical (unpaired) electrons. The smallest absolute Gasteiger partial charge is 0.307 e. The Kier molecular flexibility index (Phi) is 3.18. The van der Waals surface area contributed by atoms with Gasteiger partial charge in [-0.3, -0.25) is 9.59 Å². The second-order valence-corrected chi connectivity index (χ2v) is 6.32. The molecule has 4 rings (SSSR count).